The van der Waals surface area contributed by atoms with Crippen LogP contribution in [-0.4, -0.2) is 64.2 Å². The molecule has 1 spiro atoms. The van der Waals surface area contributed by atoms with E-state index < -0.39 is 12.3 Å². The minimum Gasteiger partial charge on any atom is -0.465 e. The summed E-state index contributed by atoms with van der Waals surface area (Å²) in [6.45, 7) is 7.59. The topological polar surface area (TPSA) is 120 Å². The SMILES string of the molecule is CCOC(=O)[C@@H]1CC2(CCN(c3cc(O[C@H](c4ccc(-c5cc(C)cc(Cl)c5)cc4-n4ccc(C)n4)C(F)(F)F)nc(N)n3)CC2)CN1. The lowest BCUT2D eigenvalue weighted by atomic mass is 9.76. The van der Waals surface area contributed by atoms with Gasteiger partial charge in [0.1, 0.15) is 11.9 Å². The van der Waals surface area contributed by atoms with Crippen LogP contribution in [0.3, 0.4) is 0 Å². The molecule has 2 atom stereocenters. The van der Waals surface area contributed by atoms with Gasteiger partial charge in [-0.05, 0) is 86.4 Å². The maximum atomic E-state index is 14.9. The van der Waals surface area contributed by atoms with E-state index in [0.29, 0.717) is 54.8 Å². The van der Waals surface area contributed by atoms with Crippen molar-refractivity contribution in [3.63, 3.8) is 0 Å². The van der Waals surface area contributed by atoms with Gasteiger partial charge < -0.3 is 25.4 Å². The molecule has 2 aromatic carbocycles. The van der Waals surface area contributed by atoms with Crippen molar-refractivity contribution >= 4 is 29.3 Å². The van der Waals surface area contributed by atoms with Gasteiger partial charge in [-0.1, -0.05) is 29.8 Å². The number of alkyl halides is 3. The Morgan fingerprint density at radius 1 is 1.10 bits per heavy atom. The van der Waals surface area contributed by atoms with Crippen molar-refractivity contribution in [2.45, 2.75) is 58.4 Å². The number of carbonyl (C=O) groups is 1. The molecule has 0 aliphatic carbocycles. The van der Waals surface area contributed by atoms with Crippen LogP contribution in [0.2, 0.25) is 5.02 Å². The van der Waals surface area contributed by atoms with E-state index >= 15 is 0 Å². The fourth-order valence-corrected chi connectivity index (χ4v) is 6.88. The van der Waals surface area contributed by atoms with E-state index in [0.717, 1.165) is 24.0 Å². The Kier molecular flexibility index (Phi) is 9.27. The summed E-state index contributed by atoms with van der Waals surface area (Å²) in [5.74, 6) is -0.386. The largest absolute Gasteiger partial charge is 0.465 e. The first kappa shape index (κ1) is 33.5. The van der Waals surface area contributed by atoms with Crippen molar-refractivity contribution in [1.82, 2.24) is 25.1 Å². The third-order valence-corrected chi connectivity index (χ3v) is 9.20. The van der Waals surface area contributed by atoms with Crippen molar-refractivity contribution in [1.29, 1.82) is 0 Å². The van der Waals surface area contributed by atoms with Crippen LogP contribution in [0.4, 0.5) is 24.9 Å². The molecule has 2 aliphatic rings. The molecule has 0 amide bonds. The molecule has 48 heavy (non-hydrogen) atoms. The predicted octanol–water partition coefficient (Wildman–Crippen LogP) is 6.38. The highest BCUT2D eigenvalue weighted by Gasteiger charge is 2.46. The zero-order valence-corrected chi connectivity index (χ0v) is 27.6. The summed E-state index contributed by atoms with van der Waals surface area (Å²) < 4.78 is 56.9. The molecule has 2 aromatic heterocycles. The second-order valence-electron chi connectivity index (χ2n) is 12.5. The van der Waals surface area contributed by atoms with Gasteiger partial charge in [-0.15, -0.1) is 0 Å². The van der Waals surface area contributed by atoms with E-state index in [9.17, 15) is 18.0 Å². The molecule has 254 valence electrons. The van der Waals surface area contributed by atoms with Crippen molar-refractivity contribution in [2.75, 3.05) is 36.9 Å². The number of ether oxygens (including phenoxy) is 2. The van der Waals surface area contributed by atoms with Crippen molar-refractivity contribution < 1.29 is 27.4 Å². The van der Waals surface area contributed by atoms with Crippen LogP contribution >= 0.6 is 11.6 Å². The molecular formula is C34H37ClF3N7O3. The van der Waals surface area contributed by atoms with Gasteiger partial charge in [0, 0.05) is 42.5 Å². The highest BCUT2D eigenvalue weighted by atomic mass is 35.5. The first-order valence-corrected chi connectivity index (χ1v) is 16.2. The Hall–Kier alpha value is -4.36. The molecule has 2 saturated heterocycles. The zero-order chi connectivity index (χ0) is 34.2. The van der Waals surface area contributed by atoms with Crippen LogP contribution in [0, 0.1) is 19.3 Å². The van der Waals surface area contributed by atoms with E-state index in [-0.39, 0.29) is 40.5 Å². The Bertz CT molecular complexity index is 1790. The molecule has 14 heteroatoms. The first-order chi connectivity index (χ1) is 22.8. The second kappa shape index (κ2) is 13.3. The first-order valence-electron chi connectivity index (χ1n) is 15.8. The molecule has 0 radical (unpaired) electrons. The summed E-state index contributed by atoms with van der Waals surface area (Å²) in [6.07, 6.45) is -3.44. The molecule has 4 heterocycles. The van der Waals surface area contributed by atoms with Gasteiger partial charge in [-0.2, -0.15) is 28.2 Å². The average Bonchev–Trinajstić information content (AvgIpc) is 3.65. The Balaban J connectivity index is 1.28. The second-order valence-corrected chi connectivity index (χ2v) is 13.0. The van der Waals surface area contributed by atoms with Crippen LogP contribution < -0.4 is 20.7 Å². The number of benzene rings is 2. The van der Waals surface area contributed by atoms with Crippen molar-refractivity contribution in [2.24, 2.45) is 5.41 Å². The number of carbonyl (C=O) groups excluding carboxylic acids is 1. The van der Waals surface area contributed by atoms with Gasteiger partial charge in [0.2, 0.25) is 17.9 Å². The molecule has 2 fully saturated rings. The number of nitrogens with two attached hydrogens (primary N) is 1. The molecule has 2 aliphatic heterocycles. The Morgan fingerprint density at radius 3 is 2.54 bits per heavy atom. The van der Waals surface area contributed by atoms with Gasteiger partial charge in [0.15, 0.2) is 0 Å². The summed E-state index contributed by atoms with van der Waals surface area (Å²) in [4.78, 5) is 22.6. The summed E-state index contributed by atoms with van der Waals surface area (Å²) >= 11 is 6.30. The minimum atomic E-state index is -4.83. The van der Waals surface area contributed by atoms with Crippen LogP contribution in [0.15, 0.2) is 54.7 Å². The molecule has 0 bridgehead atoms. The number of anilines is 2. The van der Waals surface area contributed by atoms with E-state index in [2.05, 4.69) is 20.4 Å². The van der Waals surface area contributed by atoms with E-state index in [4.69, 9.17) is 26.8 Å². The summed E-state index contributed by atoms with van der Waals surface area (Å²) in [5, 5.41) is 8.21. The normalized spacial score (nSPS) is 18.2. The standard InChI is InChI=1S/C34H37ClF3N7O3/c1-4-47-31(46)26-18-33(19-40-26)8-11-44(12-9-33)28-17-29(42-32(39)41-28)48-30(34(36,37)38)25-6-5-22(23-13-20(2)14-24(35)15-23)16-27(25)45-10-7-21(3)43-45/h5-7,10,13-17,26,30,40H,4,8-9,11-12,18-19H2,1-3H3,(H2,39,41,42)/t26-,30+/m0/s1. The zero-order valence-electron chi connectivity index (χ0n) is 26.9. The molecule has 6 rings (SSSR count). The molecule has 3 N–H and O–H groups in total. The highest BCUT2D eigenvalue weighted by molar-refractivity contribution is 6.31. The maximum Gasteiger partial charge on any atom is 0.429 e. The number of piperidine rings is 1. The number of halogens is 4. The lowest BCUT2D eigenvalue weighted by molar-refractivity contribution is -0.198. The molecular weight excluding hydrogens is 647 g/mol. The van der Waals surface area contributed by atoms with Gasteiger partial charge in [0.25, 0.3) is 0 Å². The third-order valence-electron chi connectivity index (χ3n) is 8.98. The lowest BCUT2D eigenvalue weighted by Crippen LogP contribution is -2.41. The number of aromatic nitrogens is 4. The number of aryl methyl sites for hydroxylation is 2. The van der Waals surface area contributed by atoms with Crippen LogP contribution in [-0.2, 0) is 9.53 Å². The van der Waals surface area contributed by atoms with Crippen LogP contribution in [0.25, 0.3) is 16.8 Å². The number of nitrogen functional groups attached to an aromatic ring is 1. The number of esters is 1. The van der Waals surface area contributed by atoms with Crippen molar-refractivity contribution in [3.05, 3.63) is 76.6 Å². The molecule has 0 unspecified atom stereocenters. The van der Waals surface area contributed by atoms with Crippen LogP contribution in [0.5, 0.6) is 5.88 Å². The minimum absolute atomic E-state index is 0.0790. The lowest BCUT2D eigenvalue weighted by Gasteiger charge is -2.39. The fraction of sp³-hybridized carbons (Fsp3) is 0.412. The van der Waals surface area contributed by atoms with Crippen LogP contribution in [0.1, 0.15) is 49.1 Å². The number of hydrogen-bond acceptors (Lipinski definition) is 9. The summed E-state index contributed by atoms with van der Waals surface area (Å²) in [5.41, 5.74) is 8.94. The van der Waals surface area contributed by atoms with E-state index in [1.54, 1.807) is 44.3 Å². The van der Waals surface area contributed by atoms with E-state index in [1.165, 1.54) is 16.8 Å². The quantitative estimate of drug-likeness (QED) is 0.204. The molecule has 4 aromatic rings. The monoisotopic (exact) mass is 683 g/mol. The van der Waals surface area contributed by atoms with Gasteiger partial charge >= 0.3 is 12.1 Å². The molecule has 0 saturated carbocycles. The number of rotatable bonds is 8. The third kappa shape index (κ3) is 7.21. The van der Waals surface area contributed by atoms with Gasteiger partial charge in [0.05, 0.1) is 18.0 Å². The molecule has 10 nitrogen and oxygen atoms in total. The number of nitrogens with zero attached hydrogens (tertiary/aromatic N) is 5. The van der Waals surface area contributed by atoms with Gasteiger partial charge in [-0.25, -0.2) is 4.68 Å². The number of nitrogens with one attached hydrogen (secondary N) is 1. The maximum absolute atomic E-state index is 14.9. The predicted molar refractivity (Wildman–Crippen MR) is 176 cm³/mol. The van der Waals surface area contributed by atoms with E-state index in [1.807, 2.05) is 24.0 Å². The average molecular weight is 684 g/mol. The van der Waals surface area contributed by atoms with Gasteiger partial charge in [-0.3, -0.25) is 4.79 Å². The van der Waals surface area contributed by atoms with Crippen molar-refractivity contribution in [3.8, 4) is 22.7 Å². The Morgan fingerprint density at radius 2 is 1.88 bits per heavy atom. The smallest absolute Gasteiger partial charge is 0.429 e. The fourth-order valence-electron chi connectivity index (χ4n) is 6.59. The summed E-state index contributed by atoms with van der Waals surface area (Å²) in [7, 11) is 0. The summed E-state index contributed by atoms with van der Waals surface area (Å²) in [6, 6.07) is 12.9. The Labute approximate surface area is 281 Å². The number of hydrogen-bond donors (Lipinski definition) is 2. The highest BCUT2D eigenvalue weighted by Crippen LogP contribution is 2.43.